The first kappa shape index (κ1) is 14.8. The van der Waals surface area contributed by atoms with E-state index in [9.17, 15) is 9.59 Å². The van der Waals surface area contributed by atoms with Gasteiger partial charge in [-0.15, -0.1) is 0 Å². The molecule has 0 aromatic carbocycles. The third kappa shape index (κ3) is 4.55. The van der Waals surface area contributed by atoms with E-state index >= 15 is 0 Å². The molecule has 0 heterocycles. The van der Waals surface area contributed by atoms with Gasteiger partial charge in [0.15, 0.2) is 0 Å². The summed E-state index contributed by atoms with van der Waals surface area (Å²) >= 11 is 0. The second-order valence-corrected chi connectivity index (χ2v) is 5.26. The summed E-state index contributed by atoms with van der Waals surface area (Å²) in [5.41, 5.74) is 0.287. The minimum absolute atomic E-state index is 0.287. The summed E-state index contributed by atoms with van der Waals surface area (Å²) in [6.07, 6.45) is 5.78. The zero-order valence-electron chi connectivity index (χ0n) is 11.3. The standard InChI is InChI=1S/C13H24N2O3/c1-3-5-10(11(16)17)15-12(18)14-9-13(6-4-2)7-8-13/h10H,3-9H2,1-2H3,(H,16,17)(H2,14,15,18)/t10-/m0/s1. The van der Waals surface area contributed by atoms with E-state index in [1.807, 2.05) is 6.92 Å². The first-order chi connectivity index (χ1) is 8.53. The molecule has 1 aliphatic carbocycles. The summed E-state index contributed by atoms with van der Waals surface area (Å²) in [6.45, 7) is 4.70. The quantitative estimate of drug-likeness (QED) is 0.622. The third-order valence-electron chi connectivity index (χ3n) is 3.54. The highest BCUT2D eigenvalue weighted by molar-refractivity contribution is 5.82. The second-order valence-electron chi connectivity index (χ2n) is 5.26. The Balaban J connectivity index is 2.30. The van der Waals surface area contributed by atoms with Crippen molar-refractivity contribution in [3.8, 4) is 0 Å². The second kappa shape index (κ2) is 6.61. The molecule has 1 rings (SSSR count). The van der Waals surface area contributed by atoms with E-state index in [2.05, 4.69) is 17.6 Å². The van der Waals surface area contributed by atoms with Gasteiger partial charge < -0.3 is 15.7 Å². The lowest BCUT2D eigenvalue weighted by molar-refractivity contribution is -0.139. The van der Waals surface area contributed by atoms with Crippen molar-refractivity contribution in [2.45, 2.75) is 58.4 Å². The van der Waals surface area contributed by atoms with Crippen LogP contribution in [0, 0.1) is 5.41 Å². The molecule has 3 N–H and O–H groups in total. The predicted octanol–water partition coefficient (Wildman–Crippen LogP) is 2.12. The molecule has 1 aliphatic rings. The van der Waals surface area contributed by atoms with Crippen LogP contribution in [0.4, 0.5) is 4.79 Å². The van der Waals surface area contributed by atoms with Crippen LogP contribution in [0.1, 0.15) is 52.4 Å². The molecular formula is C13H24N2O3. The van der Waals surface area contributed by atoms with Crippen LogP contribution in [0.3, 0.4) is 0 Å². The Hall–Kier alpha value is -1.26. The van der Waals surface area contributed by atoms with Gasteiger partial charge in [0.2, 0.25) is 0 Å². The van der Waals surface area contributed by atoms with Crippen LogP contribution in [0.2, 0.25) is 0 Å². The molecule has 0 unspecified atom stereocenters. The summed E-state index contributed by atoms with van der Waals surface area (Å²) in [7, 11) is 0. The van der Waals surface area contributed by atoms with E-state index in [1.165, 1.54) is 12.8 Å². The van der Waals surface area contributed by atoms with Gasteiger partial charge in [0.25, 0.3) is 0 Å². The Morgan fingerprint density at radius 3 is 2.39 bits per heavy atom. The lowest BCUT2D eigenvalue weighted by atomic mass is 10.0. The maximum Gasteiger partial charge on any atom is 0.326 e. The number of carboxylic acid groups (broad SMARTS) is 1. The van der Waals surface area contributed by atoms with Crippen molar-refractivity contribution in [2.75, 3.05) is 6.54 Å². The summed E-state index contributed by atoms with van der Waals surface area (Å²) in [6, 6.07) is -1.14. The Labute approximate surface area is 108 Å². The Morgan fingerprint density at radius 2 is 1.94 bits per heavy atom. The van der Waals surface area contributed by atoms with Gasteiger partial charge in [0.1, 0.15) is 6.04 Å². The molecular weight excluding hydrogens is 232 g/mol. The van der Waals surface area contributed by atoms with Crippen molar-refractivity contribution in [3.05, 3.63) is 0 Å². The Kier molecular flexibility index (Phi) is 5.44. The molecule has 0 saturated heterocycles. The minimum Gasteiger partial charge on any atom is -0.480 e. The van der Waals surface area contributed by atoms with Crippen LogP contribution >= 0.6 is 0 Å². The molecule has 0 aromatic heterocycles. The monoisotopic (exact) mass is 256 g/mol. The molecule has 5 nitrogen and oxygen atoms in total. The number of urea groups is 1. The topological polar surface area (TPSA) is 78.4 Å². The van der Waals surface area contributed by atoms with E-state index < -0.39 is 12.0 Å². The van der Waals surface area contributed by atoms with Gasteiger partial charge in [0, 0.05) is 6.54 Å². The number of hydrogen-bond donors (Lipinski definition) is 3. The number of aliphatic carboxylic acids is 1. The van der Waals surface area contributed by atoms with Gasteiger partial charge in [-0.1, -0.05) is 26.7 Å². The summed E-state index contributed by atoms with van der Waals surface area (Å²) in [4.78, 5) is 22.5. The Bertz CT molecular complexity index is 301. The number of rotatable bonds is 8. The molecule has 5 heteroatoms. The van der Waals surface area contributed by atoms with Crippen LogP contribution in [0.15, 0.2) is 0 Å². The van der Waals surface area contributed by atoms with E-state index in [1.54, 1.807) is 0 Å². The summed E-state index contributed by atoms with van der Waals surface area (Å²) in [5, 5.41) is 14.2. The average molecular weight is 256 g/mol. The zero-order chi connectivity index (χ0) is 13.6. The molecule has 0 aromatic rings. The van der Waals surface area contributed by atoms with E-state index in [-0.39, 0.29) is 11.4 Å². The number of carbonyl (C=O) groups excluding carboxylic acids is 1. The number of carboxylic acids is 1. The molecule has 0 aliphatic heterocycles. The van der Waals surface area contributed by atoms with Crippen molar-refractivity contribution in [2.24, 2.45) is 5.41 Å². The molecule has 0 spiro atoms. The highest BCUT2D eigenvalue weighted by atomic mass is 16.4. The van der Waals surface area contributed by atoms with Gasteiger partial charge in [-0.3, -0.25) is 0 Å². The van der Waals surface area contributed by atoms with Gasteiger partial charge in [-0.05, 0) is 31.1 Å². The zero-order valence-corrected chi connectivity index (χ0v) is 11.3. The molecule has 104 valence electrons. The molecule has 18 heavy (non-hydrogen) atoms. The molecule has 1 saturated carbocycles. The highest BCUT2D eigenvalue weighted by Gasteiger charge is 2.41. The van der Waals surface area contributed by atoms with Crippen LogP contribution in [0.25, 0.3) is 0 Å². The van der Waals surface area contributed by atoms with Crippen LogP contribution in [0.5, 0.6) is 0 Å². The van der Waals surface area contributed by atoms with Gasteiger partial charge in [0.05, 0.1) is 0 Å². The summed E-state index contributed by atoms with van der Waals surface area (Å²) in [5.74, 6) is -0.971. The third-order valence-corrected chi connectivity index (χ3v) is 3.54. The minimum atomic E-state index is -0.971. The fourth-order valence-corrected chi connectivity index (χ4v) is 2.25. The molecule has 0 bridgehead atoms. The normalized spacial score (nSPS) is 17.9. The van der Waals surface area contributed by atoms with Crippen molar-refractivity contribution >= 4 is 12.0 Å². The maximum atomic E-state index is 11.6. The highest BCUT2D eigenvalue weighted by Crippen LogP contribution is 2.48. The van der Waals surface area contributed by atoms with E-state index in [0.29, 0.717) is 13.0 Å². The molecule has 2 amide bonds. The smallest absolute Gasteiger partial charge is 0.326 e. The Morgan fingerprint density at radius 1 is 1.28 bits per heavy atom. The molecule has 1 fully saturated rings. The van der Waals surface area contributed by atoms with Gasteiger partial charge >= 0.3 is 12.0 Å². The first-order valence-electron chi connectivity index (χ1n) is 6.80. The van der Waals surface area contributed by atoms with Crippen LogP contribution in [-0.2, 0) is 4.79 Å². The van der Waals surface area contributed by atoms with Crippen molar-refractivity contribution in [3.63, 3.8) is 0 Å². The lowest BCUT2D eigenvalue weighted by Gasteiger charge is -2.18. The summed E-state index contributed by atoms with van der Waals surface area (Å²) < 4.78 is 0. The van der Waals surface area contributed by atoms with Crippen LogP contribution < -0.4 is 10.6 Å². The van der Waals surface area contributed by atoms with E-state index in [0.717, 1.165) is 19.3 Å². The van der Waals surface area contributed by atoms with Crippen molar-refractivity contribution < 1.29 is 14.7 Å². The van der Waals surface area contributed by atoms with E-state index in [4.69, 9.17) is 5.11 Å². The number of nitrogens with one attached hydrogen (secondary N) is 2. The van der Waals surface area contributed by atoms with Crippen molar-refractivity contribution in [1.82, 2.24) is 10.6 Å². The maximum absolute atomic E-state index is 11.6. The number of amides is 2. The predicted molar refractivity (Wildman–Crippen MR) is 69.4 cm³/mol. The SMILES string of the molecule is CCC[C@H](NC(=O)NCC1(CCC)CC1)C(=O)O. The average Bonchev–Trinajstić information content (AvgIpc) is 3.07. The molecule has 1 atom stereocenters. The fraction of sp³-hybridized carbons (Fsp3) is 0.846. The number of hydrogen-bond acceptors (Lipinski definition) is 2. The van der Waals surface area contributed by atoms with Gasteiger partial charge in [-0.25, -0.2) is 9.59 Å². The largest absolute Gasteiger partial charge is 0.480 e. The lowest BCUT2D eigenvalue weighted by Crippen LogP contribution is -2.47. The van der Waals surface area contributed by atoms with Gasteiger partial charge in [-0.2, -0.15) is 0 Å². The van der Waals surface area contributed by atoms with Crippen molar-refractivity contribution in [1.29, 1.82) is 0 Å². The molecule has 0 radical (unpaired) electrons. The number of carbonyl (C=O) groups is 2. The first-order valence-corrected chi connectivity index (χ1v) is 6.80. The van der Waals surface area contributed by atoms with Crippen LogP contribution in [-0.4, -0.2) is 29.7 Å². The fourth-order valence-electron chi connectivity index (χ4n) is 2.25.